The van der Waals surface area contributed by atoms with Crippen molar-refractivity contribution in [1.29, 1.82) is 0 Å². The Labute approximate surface area is 243 Å². The van der Waals surface area contributed by atoms with Crippen molar-refractivity contribution < 1.29 is 24.2 Å². The summed E-state index contributed by atoms with van der Waals surface area (Å²) in [5, 5.41) is 10.6. The SMILES string of the molecule is C=CCCOC(=O)[C@@H]1[C@H]2C(=O)N([C@@H](CO)Cc3ccccc3)C(C(=O)N(CC=C)C(C)CCC)C23S[C@@H]1CC3C. The molecule has 4 rings (SSSR count). The number of fused-ring (bicyclic) bond motifs is 1. The van der Waals surface area contributed by atoms with Crippen molar-refractivity contribution in [1.82, 2.24) is 9.80 Å². The van der Waals surface area contributed by atoms with Crippen LogP contribution in [0.1, 0.15) is 52.0 Å². The molecule has 8 heteroatoms. The van der Waals surface area contributed by atoms with E-state index >= 15 is 0 Å². The lowest BCUT2D eigenvalue weighted by molar-refractivity contribution is -0.154. The predicted octanol–water partition coefficient (Wildman–Crippen LogP) is 4.25. The first kappa shape index (κ1) is 30.4. The van der Waals surface area contributed by atoms with Gasteiger partial charge in [-0.05, 0) is 44.1 Å². The third-order valence-corrected chi connectivity index (χ3v) is 11.1. The van der Waals surface area contributed by atoms with Gasteiger partial charge < -0.3 is 19.6 Å². The van der Waals surface area contributed by atoms with Gasteiger partial charge in [-0.3, -0.25) is 14.4 Å². The highest BCUT2D eigenvalue weighted by Gasteiger charge is 2.77. The topological polar surface area (TPSA) is 87.1 Å². The van der Waals surface area contributed by atoms with Crippen molar-refractivity contribution in [2.24, 2.45) is 17.8 Å². The van der Waals surface area contributed by atoms with Crippen LogP contribution in [0.25, 0.3) is 0 Å². The molecule has 1 N–H and O–H groups in total. The van der Waals surface area contributed by atoms with Gasteiger partial charge >= 0.3 is 5.97 Å². The standard InChI is InChI=1S/C32H44N2O5S/c1-6-9-17-39-31(38)26-25-18-21(4)32(40-25)27(26)29(36)34(24(20-35)19-23-14-11-10-12-15-23)28(32)30(37)33(16-8-3)22(5)13-7-2/h6,8,10-12,14-15,21-22,24-28,35H,1,3,7,9,13,16-20H2,2,4-5H3/t21?,22?,24-,25-,26+,27+,28?,32?/m1/s1. The minimum absolute atomic E-state index is 0.0377. The first-order chi connectivity index (χ1) is 19.3. The van der Waals surface area contributed by atoms with Crippen LogP contribution in [0.5, 0.6) is 0 Å². The molecular formula is C32H44N2O5S. The van der Waals surface area contributed by atoms with Crippen molar-refractivity contribution in [3.63, 3.8) is 0 Å². The van der Waals surface area contributed by atoms with Gasteiger partial charge in [0.2, 0.25) is 11.8 Å². The van der Waals surface area contributed by atoms with Crippen LogP contribution in [-0.4, -0.2) is 80.6 Å². The summed E-state index contributed by atoms with van der Waals surface area (Å²) in [5.41, 5.74) is 0.975. The van der Waals surface area contributed by atoms with E-state index in [1.165, 1.54) is 0 Å². The van der Waals surface area contributed by atoms with E-state index in [1.807, 2.05) is 42.2 Å². The minimum atomic E-state index is -0.791. The molecule has 7 nitrogen and oxygen atoms in total. The second-order valence-corrected chi connectivity index (χ2v) is 13.0. The van der Waals surface area contributed by atoms with E-state index in [-0.39, 0.29) is 48.2 Å². The monoisotopic (exact) mass is 568 g/mol. The number of rotatable bonds is 14. The Kier molecular flexibility index (Phi) is 9.83. The Morgan fingerprint density at radius 1 is 1.27 bits per heavy atom. The maximum atomic E-state index is 14.7. The smallest absolute Gasteiger partial charge is 0.310 e. The van der Waals surface area contributed by atoms with Crippen LogP contribution < -0.4 is 0 Å². The maximum Gasteiger partial charge on any atom is 0.310 e. The normalized spacial score (nSPS) is 30.1. The molecule has 1 aromatic rings. The summed E-state index contributed by atoms with van der Waals surface area (Å²) >= 11 is 1.63. The van der Waals surface area contributed by atoms with Gasteiger partial charge in [0.05, 0.1) is 35.8 Å². The van der Waals surface area contributed by atoms with Crippen molar-refractivity contribution in [2.45, 2.75) is 81.0 Å². The molecule has 0 radical (unpaired) electrons. The van der Waals surface area contributed by atoms with E-state index < -0.39 is 28.7 Å². The number of nitrogens with zero attached hydrogens (tertiary/aromatic N) is 2. The van der Waals surface area contributed by atoms with E-state index in [9.17, 15) is 19.5 Å². The largest absolute Gasteiger partial charge is 0.465 e. The summed E-state index contributed by atoms with van der Waals surface area (Å²) in [6.07, 6.45) is 6.87. The zero-order chi connectivity index (χ0) is 29.0. The van der Waals surface area contributed by atoms with Crippen LogP contribution in [0.15, 0.2) is 55.6 Å². The quantitative estimate of drug-likeness (QED) is 0.205. The molecule has 0 aliphatic carbocycles. The molecule has 8 atom stereocenters. The zero-order valence-electron chi connectivity index (χ0n) is 24.0. The predicted molar refractivity (Wildman–Crippen MR) is 159 cm³/mol. The Morgan fingerprint density at radius 3 is 2.62 bits per heavy atom. The molecule has 1 spiro atoms. The number of likely N-dealkylation sites (tertiary alicyclic amines) is 1. The van der Waals surface area contributed by atoms with Crippen LogP contribution in [-0.2, 0) is 25.5 Å². The fraction of sp³-hybridized carbons (Fsp3) is 0.594. The lowest BCUT2D eigenvalue weighted by Crippen LogP contribution is -2.60. The first-order valence-corrected chi connectivity index (χ1v) is 15.5. The Balaban J connectivity index is 1.80. The zero-order valence-corrected chi connectivity index (χ0v) is 24.9. The molecule has 2 bridgehead atoms. The first-order valence-electron chi connectivity index (χ1n) is 14.6. The second-order valence-electron chi connectivity index (χ2n) is 11.5. The third kappa shape index (κ3) is 5.25. The van der Waals surface area contributed by atoms with Gasteiger partial charge in [0.1, 0.15) is 6.04 Å². The van der Waals surface area contributed by atoms with Gasteiger partial charge in [-0.1, -0.05) is 62.8 Å². The van der Waals surface area contributed by atoms with Crippen molar-refractivity contribution in [3.05, 3.63) is 61.2 Å². The number of amides is 2. The summed E-state index contributed by atoms with van der Waals surface area (Å²) < 4.78 is 4.86. The number of carbonyl (C=O) groups excluding carboxylic acids is 3. The van der Waals surface area contributed by atoms with Gasteiger partial charge in [-0.15, -0.1) is 24.9 Å². The van der Waals surface area contributed by atoms with Crippen LogP contribution in [0.2, 0.25) is 0 Å². The lowest BCUT2D eigenvalue weighted by atomic mass is 9.66. The molecule has 3 heterocycles. The Hall–Kier alpha value is -2.58. The molecule has 40 heavy (non-hydrogen) atoms. The molecule has 2 amide bonds. The van der Waals surface area contributed by atoms with Crippen LogP contribution in [0.4, 0.5) is 0 Å². The molecule has 218 valence electrons. The number of ether oxygens (including phenoxy) is 1. The van der Waals surface area contributed by atoms with Crippen molar-refractivity contribution in [3.8, 4) is 0 Å². The number of aliphatic hydroxyl groups excluding tert-OH is 1. The Bertz CT molecular complexity index is 1100. The molecule has 0 aromatic heterocycles. The summed E-state index contributed by atoms with van der Waals surface area (Å²) in [6.45, 7) is 14.2. The van der Waals surface area contributed by atoms with E-state index in [0.717, 1.165) is 24.8 Å². The Morgan fingerprint density at radius 2 is 2.00 bits per heavy atom. The molecule has 0 saturated carbocycles. The number of carbonyl (C=O) groups is 3. The summed E-state index contributed by atoms with van der Waals surface area (Å²) in [5.74, 6) is -1.96. The number of hydrogen-bond donors (Lipinski definition) is 1. The molecular weight excluding hydrogens is 524 g/mol. The van der Waals surface area contributed by atoms with Crippen LogP contribution in [0.3, 0.4) is 0 Å². The minimum Gasteiger partial charge on any atom is -0.465 e. The average molecular weight is 569 g/mol. The maximum absolute atomic E-state index is 14.7. The molecule has 3 saturated heterocycles. The highest BCUT2D eigenvalue weighted by Crippen LogP contribution is 2.69. The lowest BCUT2D eigenvalue weighted by Gasteiger charge is -2.43. The fourth-order valence-electron chi connectivity index (χ4n) is 7.23. The van der Waals surface area contributed by atoms with Gasteiger partial charge in [-0.2, -0.15) is 0 Å². The molecule has 1 aromatic carbocycles. The molecule has 3 aliphatic heterocycles. The van der Waals surface area contributed by atoms with Crippen LogP contribution in [0, 0.1) is 17.8 Å². The van der Waals surface area contributed by atoms with E-state index in [1.54, 1.807) is 28.8 Å². The summed E-state index contributed by atoms with van der Waals surface area (Å²) in [7, 11) is 0. The fourth-order valence-corrected chi connectivity index (χ4v) is 9.62. The highest BCUT2D eigenvalue weighted by molar-refractivity contribution is 8.02. The number of hydrogen-bond acceptors (Lipinski definition) is 6. The van der Waals surface area contributed by atoms with Crippen molar-refractivity contribution in [2.75, 3.05) is 19.8 Å². The van der Waals surface area contributed by atoms with Gasteiger partial charge in [0.15, 0.2) is 0 Å². The highest BCUT2D eigenvalue weighted by atomic mass is 32.2. The third-order valence-electron chi connectivity index (χ3n) is 9.02. The number of esters is 1. The van der Waals surface area contributed by atoms with Gasteiger partial charge in [0.25, 0.3) is 0 Å². The van der Waals surface area contributed by atoms with E-state index in [0.29, 0.717) is 19.4 Å². The van der Waals surface area contributed by atoms with Crippen molar-refractivity contribution >= 4 is 29.5 Å². The molecule has 3 fully saturated rings. The number of aliphatic hydroxyl groups is 1. The van der Waals surface area contributed by atoms with Gasteiger partial charge in [0, 0.05) is 17.8 Å². The van der Waals surface area contributed by atoms with E-state index in [2.05, 4.69) is 27.0 Å². The van der Waals surface area contributed by atoms with E-state index in [4.69, 9.17) is 4.74 Å². The molecule has 3 aliphatic rings. The second kappa shape index (κ2) is 12.9. The average Bonchev–Trinajstić information content (AvgIpc) is 3.54. The summed E-state index contributed by atoms with van der Waals surface area (Å²) in [6, 6.07) is 8.29. The number of benzene rings is 1. The van der Waals surface area contributed by atoms with Gasteiger partial charge in [-0.25, -0.2) is 0 Å². The van der Waals surface area contributed by atoms with Crippen LogP contribution >= 0.6 is 11.8 Å². The number of thioether (sulfide) groups is 1. The molecule has 4 unspecified atom stereocenters. The summed E-state index contributed by atoms with van der Waals surface area (Å²) in [4.78, 5) is 46.2.